The Balaban J connectivity index is 1.39. The van der Waals surface area contributed by atoms with Gasteiger partial charge in [0.1, 0.15) is 12.7 Å². The normalized spacial score (nSPS) is 22.3. The number of hydrogen-bond acceptors (Lipinski definition) is 6. The molecule has 1 aromatic carbocycles. The molecule has 2 aliphatic rings. The molecule has 0 spiro atoms. The molecule has 2 aromatic rings. The van der Waals surface area contributed by atoms with Crippen LogP contribution in [0.25, 0.3) is 0 Å². The molecule has 7 nitrogen and oxygen atoms in total. The van der Waals surface area contributed by atoms with Gasteiger partial charge in [-0.1, -0.05) is 12.1 Å². The van der Waals surface area contributed by atoms with Crippen LogP contribution in [0.15, 0.2) is 42.9 Å². The molecule has 0 N–H and O–H groups in total. The van der Waals surface area contributed by atoms with Crippen LogP contribution in [0, 0.1) is 0 Å². The molecular formula is C18H19N3O4. The summed E-state index contributed by atoms with van der Waals surface area (Å²) in [5, 5.41) is 0. The third-order valence-electron chi connectivity index (χ3n) is 4.30. The van der Waals surface area contributed by atoms with E-state index < -0.39 is 6.10 Å². The quantitative estimate of drug-likeness (QED) is 0.846. The van der Waals surface area contributed by atoms with Gasteiger partial charge in [0.2, 0.25) is 12.0 Å². The predicted molar refractivity (Wildman–Crippen MR) is 88.6 cm³/mol. The zero-order valence-corrected chi connectivity index (χ0v) is 13.7. The number of rotatable bonds is 3. The maximum Gasteiger partial charge on any atom is 0.267 e. The van der Waals surface area contributed by atoms with Crippen LogP contribution >= 0.6 is 0 Å². The largest absolute Gasteiger partial charge is 0.485 e. The van der Waals surface area contributed by atoms with Crippen LogP contribution < -0.4 is 14.2 Å². The Hall–Kier alpha value is -2.83. The Labute approximate surface area is 145 Å². The lowest BCUT2D eigenvalue weighted by Crippen LogP contribution is -2.51. The van der Waals surface area contributed by atoms with Gasteiger partial charge < -0.3 is 19.1 Å². The van der Waals surface area contributed by atoms with E-state index in [9.17, 15) is 4.79 Å². The number of benzene rings is 1. The van der Waals surface area contributed by atoms with Gasteiger partial charge in [0.05, 0.1) is 12.7 Å². The maximum atomic E-state index is 12.8. The highest BCUT2D eigenvalue weighted by Gasteiger charge is 2.34. The second-order valence-electron chi connectivity index (χ2n) is 6.07. The highest BCUT2D eigenvalue weighted by atomic mass is 16.6. The summed E-state index contributed by atoms with van der Waals surface area (Å²) in [6.07, 6.45) is 5.81. The number of piperidine rings is 1. The van der Waals surface area contributed by atoms with Crippen LogP contribution in [0.4, 0.5) is 0 Å². The molecule has 0 unspecified atom stereocenters. The summed E-state index contributed by atoms with van der Waals surface area (Å²) >= 11 is 0. The van der Waals surface area contributed by atoms with Crippen LogP contribution in [-0.2, 0) is 4.79 Å². The minimum Gasteiger partial charge on any atom is -0.485 e. The number of carbonyl (C=O) groups is 1. The summed E-state index contributed by atoms with van der Waals surface area (Å²) in [5.41, 5.74) is 0. The highest BCUT2D eigenvalue weighted by molar-refractivity contribution is 5.82. The molecule has 4 rings (SSSR count). The molecule has 7 heteroatoms. The number of fused-ring (bicyclic) bond motifs is 1. The minimum absolute atomic E-state index is 0.0676. The summed E-state index contributed by atoms with van der Waals surface area (Å²) < 4.78 is 17.3. The number of ether oxygens (including phenoxy) is 3. The first-order valence-electron chi connectivity index (χ1n) is 8.39. The Morgan fingerprint density at radius 2 is 2.12 bits per heavy atom. The predicted octanol–water partition coefficient (Wildman–Crippen LogP) is 1.69. The molecule has 1 amide bonds. The van der Waals surface area contributed by atoms with Crippen molar-refractivity contribution >= 4 is 5.91 Å². The molecule has 130 valence electrons. The zero-order valence-electron chi connectivity index (χ0n) is 13.7. The van der Waals surface area contributed by atoms with Gasteiger partial charge in [0.15, 0.2) is 11.5 Å². The lowest BCUT2D eigenvalue weighted by Gasteiger charge is -2.35. The molecule has 0 bridgehead atoms. The van der Waals surface area contributed by atoms with Gasteiger partial charge in [0.25, 0.3) is 5.91 Å². The second kappa shape index (κ2) is 6.96. The van der Waals surface area contributed by atoms with Crippen LogP contribution in [0.3, 0.4) is 0 Å². The van der Waals surface area contributed by atoms with E-state index in [2.05, 4.69) is 9.97 Å². The standard InChI is InChI=1S/C18H19N3O4/c22-18(16-12-23-14-5-1-2-6-15(14)25-16)21-9-3-4-13(11-21)24-17-10-19-7-8-20-17/h1-2,5-8,10,13,16H,3-4,9,11-12H2/t13-,16-/m1/s1. The average molecular weight is 341 g/mol. The van der Waals surface area contributed by atoms with Crippen LogP contribution in [0.1, 0.15) is 12.8 Å². The number of carbonyl (C=O) groups excluding carboxylic acids is 1. The van der Waals surface area contributed by atoms with Crippen molar-refractivity contribution in [1.82, 2.24) is 14.9 Å². The fraction of sp³-hybridized carbons (Fsp3) is 0.389. The van der Waals surface area contributed by atoms with Crippen molar-refractivity contribution in [2.75, 3.05) is 19.7 Å². The summed E-state index contributed by atoms with van der Waals surface area (Å²) in [4.78, 5) is 22.7. The fourth-order valence-electron chi connectivity index (χ4n) is 3.10. The Morgan fingerprint density at radius 1 is 1.24 bits per heavy atom. The molecule has 0 radical (unpaired) electrons. The molecule has 0 saturated carbocycles. The monoisotopic (exact) mass is 341 g/mol. The topological polar surface area (TPSA) is 73.8 Å². The first-order chi connectivity index (χ1) is 12.3. The molecular weight excluding hydrogens is 322 g/mol. The number of amides is 1. The van der Waals surface area contributed by atoms with Gasteiger partial charge in [-0.05, 0) is 25.0 Å². The summed E-state index contributed by atoms with van der Waals surface area (Å²) in [6, 6.07) is 7.39. The van der Waals surface area contributed by atoms with Crippen molar-refractivity contribution in [3.63, 3.8) is 0 Å². The number of hydrogen-bond donors (Lipinski definition) is 0. The summed E-state index contributed by atoms with van der Waals surface area (Å²) in [6.45, 7) is 1.43. The molecule has 25 heavy (non-hydrogen) atoms. The molecule has 1 aromatic heterocycles. The van der Waals surface area contributed by atoms with E-state index in [4.69, 9.17) is 14.2 Å². The molecule has 1 fully saturated rings. The molecule has 3 heterocycles. The third-order valence-corrected chi connectivity index (χ3v) is 4.30. The van der Waals surface area contributed by atoms with Gasteiger partial charge in [0, 0.05) is 18.9 Å². The lowest BCUT2D eigenvalue weighted by atomic mass is 10.1. The van der Waals surface area contributed by atoms with E-state index in [-0.39, 0.29) is 18.6 Å². The van der Waals surface area contributed by atoms with Gasteiger partial charge in [-0.3, -0.25) is 9.78 Å². The van der Waals surface area contributed by atoms with Crippen LogP contribution in [0.2, 0.25) is 0 Å². The summed E-state index contributed by atoms with van der Waals surface area (Å²) in [5.74, 6) is 1.69. The maximum absolute atomic E-state index is 12.8. The van der Waals surface area contributed by atoms with Crippen LogP contribution in [-0.4, -0.2) is 52.7 Å². The number of aromatic nitrogens is 2. The van der Waals surface area contributed by atoms with Crippen molar-refractivity contribution in [1.29, 1.82) is 0 Å². The van der Waals surface area contributed by atoms with E-state index in [0.717, 1.165) is 12.8 Å². The number of nitrogens with zero attached hydrogens (tertiary/aromatic N) is 3. The molecule has 2 aliphatic heterocycles. The minimum atomic E-state index is -0.620. The van der Waals surface area contributed by atoms with Gasteiger partial charge >= 0.3 is 0 Å². The molecule has 2 atom stereocenters. The Morgan fingerprint density at radius 3 is 2.96 bits per heavy atom. The van der Waals surface area contributed by atoms with Gasteiger partial charge in [-0.15, -0.1) is 0 Å². The van der Waals surface area contributed by atoms with Gasteiger partial charge in [-0.25, -0.2) is 4.98 Å². The van der Waals surface area contributed by atoms with Gasteiger partial charge in [-0.2, -0.15) is 0 Å². The SMILES string of the molecule is O=C([C@H]1COc2ccccc2O1)N1CCC[C@@H](Oc2cnccn2)C1. The Bertz CT molecular complexity index is 740. The van der Waals surface area contributed by atoms with E-state index in [1.165, 1.54) is 0 Å². The van der Waals surface area contributed by atoms with Crippen molar-refractivity contribution in [2.45, 2.75) is 25.0 Å². The van der Waals surface area contributed by atoms with Crippen molar-refractivity contribution < 1.29 is 19.0 Å². The Kier molecular flexibility index (Phi) is 4.37. The molecule has 0 aliphatic carbocycles. The van der Waals surface area contributed by atoms with Crippen molar-refractivity contribution in [3.05, 3.63) is 42.9 Å². The molecule has 1 saturated heterocycles. The first kappa shape index (κ1) is 15.7. The van der Waals surface area contributed by atoms with E-state index in [1.807, 2.05) is 24.3 Å². The van der Waals surface area contributed by atoms with Crippen molar-refractivity contribution in [2.24, 2.45) is 0 Å². The summed E-state index contributed by atoms with van der Waals surface area (Å²) in [7, 11) is 0. The van der Waals surface area contributed by atoms with Crippen LogP contribution in [0.5, 0.6) is 17.4 Å². The van der Waals surface area contributed by atoms with E-state index in [0.29, 0.717) is 30.5 Å². The van der Waals surface area contributed by atoms with Crippen molar-refractivity contribution in [3.8, 4) is 17.4 Å². The first-order valence-corrected chi connectivity index (χ1v) is 8.39. The zero-order chi connectivity index (χ0) is 17.1. The lowest BCUT2D eigenvalue weighted by molar-refractivity contribution is -0.143. The van der Waals surface area contributed by atoms with E-state index >= 15 is 0 Å². The fourth-order valence-corrected chi connectivity index (χ4v) is 3.10. The smallest absolute Gasteiger partial charge is 0.267 e. The number of para-hydroxylation sites is 2. The second-order valence-corrected chi connectivity index (χ2v) is 6.07. The number of likely N-dealkylation sites (tertiary alicyclic amines) is 1. The average Bonchev–Trinajstić information content (AvgIpc) is 2.68. The third kappa shape index (κ3) is 3.50. The highest BCUT2D eigenvalue weighted by Crippen LogP contribution is 2.31. The van der Waals surface area contributed by atoms with E-state index in [1.54, 1.807) is 23.5 Å².